The quantitative estimate of drug-likeness (QED) is 0.763. The lowest BCUT2D eigenvalue weighted by Crippen LogP contribution is -2.11. The van der Waals surface area contributed by atoms with Crippen LogP contribution >= 0.6 is 0 Å². The van der Waals surface area contributed by atoms with Gasteiger partial charge < -0.3 is 4.74 Å². The Labute approximate surface area is 106 Å². The summed E-state index contributed by atoms with van der Waals surface area (Å²) in [5, 5.41) is 8.67. The molecule has 1 heterocycles. The maximum atomic E-state index is 11.2. The van der Waals surface area contributed by atoms with Gasteiger partial charge in [0.15, 0.2) is 0 Å². The standard InChI is InChI=1S/C13H17N3O2/c1-3-18-13(17)8-9-16-14-11-6-4-10(2)5-7-12(11)15-16/h4-7,10H,3,8-9H2,1-2H3. The second kappa shape index (κ2) is 5.62. The highest BCUT2D eigenvalue weighted by atomic mass is 16.5. The lowest BCUT2D eigenvalue weighted by Gasteiger charge is -2.00. The van der Waals surface area contributed by atoms with Gasteiger partial charge >= 0.3 is 5.97 Å². The molecule has 0 bridgehead atoms. The Bertz CT molecular complexity index is 457. The van der Waals surface area contributed by atoms with Gasteiger partial charge in [0.1, 0.15) is 11.4 Å². The number of hydrogen-bond acceptors (Lipinski definition) is 4. The Morgan fingerprint density at radius 3 is 2.50 bits per heavy atom. The molecule has 96 valence electrons. The van der Waals surface area contributed by atoms with Crippen LogP contribution in [0.15, 0.2) is 12.2 Å². The molecule has 5 nitrogen and oxygen atoms in total. The molecular weight excluding hydrogens is 230 g/mol. The average molecular weight is 247 g/mol. The van der Waals surface area contributed by atoms with Crippen LogP contribution in [-0.2, 0) is 16.1 Å². The number of esters is 1. The Kier molecular flexibility index (Phi) is 3.92. The van der Waals surface area contributed by atoms with Gasteiger partial charge in [-0.3, -0.25) is 4.79 Å². The first kappa shape index (κ1) is 12.5. The smallest absolute Gasteiger partial charge is 0.307 e. The molecule has 0 atom stereocenters. The number of carbonyl (C=O) groups is 1. The Morgan fingerprint density at radius 2 is 1.94 bits per heavy atom. The van der Waals surface area contributed by atoms with Crippen molar-refractivity contribution in [2.45, 2.75) is 26.8 Å². The SMILES string of the molecule is CCOC(=O)CCn1nc2c(n1)C=CC(C)C=C2. The number of aryl methyl sites for hydroxylation is 1. The van der Waals surface area contributed by atoms with E-state index in [1.807, 2.05) is 12.2 Å². The van der Waals surface area contributed by atoms with Crippen LogP contribution in [0, 0.1) is 5.92 Å². The number of hydrogen-bond donors (Lipinski definition) is 0. The van der Waals surface area contributed by atoms with Crippen LogP contribution in [0.4, 0.5) is 0 Å². The number of carbonyl (C=O) groups excluding carboxylic acids is 1. The number of allylic oxidation sites excluding steroid dienone is 2. The third-order valence-corrected chi connectivity index (χ3v) is 2.65. The molecule has 18 heavy (non-hydrogen) atoms. The maximum Gasteiger partial charge on any atom is 0.307 e. The molecule has 0 saturated heterocycles. The van der Waals surface area contributed by atoms with Gasteiger partial charge in [0.25, 0.3) is 0 Å². The molecule has 0 aliphatic heterocycles. The largest absolute Gasteiger partial charge is 0.466 e. The van der Waals surface area contributed by atoms with Crippen LogP contribution in [0.3, 0.4) is 0 Å². The van der Waals surface area contributed by atoms with Crippen molar-refractivity contribution in [1.82, 2.24) is 15.0 Å². The van der Waals surface area contributed by atoms with Crippen LogP contribution in [0.1, 0.15) is 31.7 Å². The van der Waals surface area contributed by atoms with Crippen molar-refractivity contribution in [3.63, 3.8) is 0 Å². The highest BCUT2D eigenvalue weighted by Gasteiger charge is 2.10. The Hall–Kier alpha value is -1.91. The van der Waals surface area contributed by atoms with Crippen molar-refractivity contribution in [3.8, 4) is 0 Å². The number of fused-ring (bicyclic) bond motifs is 1. The third-order valence-electron chi connectivity index (χ3n) is 2.65. The molecule has 0 aromatic carbocycles. The molecule has 0 spiro atoms. The molecule has 1 aromatic heterocycles. The molecule has 2 rings (SSSR count). The first-order valence-electron chi connectivity index (χ1n) is 6.16. The number of aromatic nitrogens is 3. The molecule has 5 heteroatoms. The summed E-state index contributed by atoms with van der Waals surface area (Å²) in [4.78, 5) is 12.8. The first-order chi connectivity index (χ1) is 8.69. The highest BCUT2D eigenvalue weighted by Crippen LogP contribution is 2.16. The zero-order valence-corrected chi connectivity index (χ0v) is 10.7. The molecule has 0 N–H and O–H groups in total. The van der Waals surface area contributed by atoms with Crippen LogP contribution in [-0.4, -0.2) is 27.6 Å². The second-order valence-electron chi connectivity index (χ2n) is 4.20. The van der Waals surface area contributed by atoms with Crippen molar-refractivity contribution >= 4 is 18.1 Å². The summed E-state index contributed by atoms with van der Waals surface area (Å²) in [5.41, 5.74) is 1.69. The minimum absolute atomic E-state index is 0.218. The van der Waals surface area contributed by atoms with Crippen LogP contribution in [0.25, 0.3) is 12.2 Å². The van der Waals surface area contributed by atoms with E-state index in [9.17, 15) is 4.79 Å². The topological polar surface area (TPSA) is 57.0 Å². The fraction of sp³-hybridized carbons (Fsp3) is 0.462. The molecule has 0 fully saturated rings. The summed E-state index contributed by atoms with van der Waals surface area (Å²) in [6, 6.07) is 0. The molecule has 0 radical (unpaired) electrons. The van der Waals surface area contributed by atoms with Crippen LogP contribution < -0.4 is 0 Å². The lowest BCUT2D eigenvalue weighted by atomic mass is 10.2. The molecule has 0 saturated carbocycles. The van der Waals surface area contributed by atoms with Crippen molar-refractivity contribution in [2.75, 3.05) is 6.61 Å². The van der Waals surface area contributed by atoms with Gasteiger partial charge in [-0.1, -0.05) is 19.1 Å². The molecule has 1 aliphatic carbocycles. The zero-order valence-electron chi connectivity index (χ0n) is 10.7. The van der Waals surface area contributed by atoms with Gasteiger partial charge in [-0.15, -0.1) is 0 Å². The molecule has 0 amide bonds. The van der Waals surface area contributed by atoms with E-state index >= 15 is 0 Å². The van der Waals surface area contributed by atoms with E-state index in [1.54, 1.807) is 11.7 Å². The fourth-order valence-electron chi connectivity index (χ4n) is 1.69. The third kappa shape index (κ3) is 3.06. The van der Waals surface area contributed by atoms with Crippen molar-refractivity contribution in [3.05, 3.63) is 23.5 Å². The second-order valence-corrected chi connectivity index (χ2v) is 4.20. The molecule has 0 unspecified atom stereocenters. The minimum Gasteiger partial charge on any atom is -0.466 e. The number of rotatable bonds is 4. The van der Waals surface area contributed by atoms with Crippen molar-refractivity contribution < 1.29 is 9.53 Å². The van der Waals surface area contributed by atoms with E-state index in [2.05, 4.69) is 29.3 Å². The van der Waals surface area contributed by atoms with Crippen LogP contribution in [0.2, 0.25) is 0 Å². The van der Waals surface area contributed by atoms with Gasteiger partial charge in [0.2, 0.25) is 0 Å². The van der Waals surface area contributed by atoms with Crippen molar-refractivity contribution in [2.24, 2.45) is 5.92 Å². The lowest BCUT2D eigenvalue weighted by molar-refractivity contribution is -0.143. The van der Waals surface area contributed by atoms with Crippen molar-refractivity contribution in [1.29, 1.82) is 0 Å². The van der Waals surface area contributed by atoms with E-state index in [0.717, 1.165) is 11.4 Å². The molecular formula is C13H17N3O2. The Morgan fingerprint density at radius 1 is 1.33 bits per heavy atom. The van der Waals surface area contributed by atoms with Gasteiger partial charge in [-0.05, 0) is 25.0 Å². The van der Waals surface area contributed by atoms with Gasteiger partial charge in [0, 0.05) is 0 Å². The Balaban J connectivity index is 2.01. The summed E-state index contributed by atoms with van der Waals surface area (Å²) in [7, 11) is 0. The maximum absolute atomic E-state index is 11.2. The molecule has 1 aromatic rings. The highest BCUT2D eigenvalue weighted by molar-refractivity contribution is 5.69. The summed E-state index contributed by atoms with van der Waals surface area (Å²) in [6.07, 6.45) is 8.38. The fourth-order valence-corrected chi connectivity index (χ4v) is 1.69. The van der Waals surface area contributed by atoms with Gasteiger partial charge in [-0.2, -0.15) is 15.0 Å². The number of ether oxygens (including phenoxy) is 1. The van der Waals surface area contributed by atoms with E-state index < -0.39 is 0 Å². The molecule has 1 aliphatic rings. The first-order valence-corrected chi connectivity index (χ1v) is 6.16. The average Bonchev–Trinajstić information content (AvgIpc) is 2.66. The van der Waals surface area contributed by atoms with E-state index in [4.69, 9.17) is 4.74 Å². The zero-order chi connectivity index (χ0) is 13.0. The summed E-state index contributed by atoms with van der Waals surface area (Å²) < 4.78 is 4.86. The predicted molar refractivity (Wildman–Crippen MR) is 68.5 cm³/mol. The van der Waals surface area contributed by atoms with E-state index in [0.29, 0.717) is 25.5 Å². The monoisotopic (exact) mass is 247 g/mol. The van der Waals surface area contributed by atoms with Gasteiger partial charge in [-0.25, -0.2) is 0 Å². The summed E-state index contributed by atoms with van der Waals surface area (Å²) in [5.74, 6) is 0.179. The normalized spacial score (nSPS) is 14.3. The number of nitrogens with zero attached hydrogens (tertiary/aromatic N) is 3. The van der Waals surface area contributed by atoms with Gasteiger partial charge in [0.05, 0.1) is 19.6 Å². The summed E-state index contributed by atoms with van der Waals surface area (Å²) >= 11 is 0. The minimum atomic E-state index is -0.218. The van der Waals surface area contributed by atoms with E-state index in [1.165, 1.54) is 0 Å². The summed E-state index contributed by atoms with van der Waals surface area (Å²) in [6.45, 7) is 4.75. The van der Waals surface area contributed by atoms with E-state index in [-0.39, 0.29) is 5.97 Å². The van der Waals surface area contributed by atoms with Crippen LogP contribution in [0.5, 0.6) is 0 Å². The predicted octanol–water partition coefficient (Wildman–Crippen LogP) is 1.91.